The Morgan fingerprint density at radius 2 is 1.82 bits per heavy atom. The number of halogens is 2. The second-order valence-corrected chi connectivity index (χ2v) is 9.14. The third-order valence-corrected chi connectivity index (χ3v) is 6.22. The van der Waals surface area contributed by atoms with Gasteiger partial charge < -0.3 is 9.32 Å². The summed E-state index contributed by atoms with van der Waals surface area (Å²) in [6.07, 6.45) is 0. The van der Waals surface area contributed by atoms with Gasteiger partial charge in [-0.3, -0.25) is 4.79 Å². The highest BCUT2D eigenvalue weighted by Crippen LogP contribution is 2.20. The fourth-order valence-corrected chi connectivity index (χ4v) is 4.33. The molecule has 0 saturated carbocycles. The summed E-state index contributed by atoms with van der Waals surface area (Å²) in [5.74, 6) is -1.08. The van der Waals surface area contributed by atoms with Gasteiger partial charge in [-0.05, 0) is 42.5 Å². The Labute approximate surface area is 170 Å². The number of benzene rings is 2. The molecule has 0 saturated heterocycles. The molecule has 28 heavy (non-hydrogen) atoms. The molecule has 0 spiro atoms. The molecule has 1 aromatic heterocycles. The first-order valence-corrected chi connectivity index (χ1v) is 10.8. The summed E-state index contributed by atoms with van der Waals surface area (Å²) in [4.78, 5) is 14.0. The Kier molecular flexibility index (Phi) is 6.00. The van der Waals surface area contributed by atoms with Crippen LogP contribution in [0, 0.1) is 5.82 Å². The van der Waals surface area contributed by atoms with Gasteiger partial charge in [0.05, 0.1) is 4.90 Å². The number of sulfone groups is 1. The number of rotatable bonds is 6. The van der Waals surface area contributed by atoms with E-state index >= 15 is 0 Å². The molecule has 5 nitrogen and oxygen atoms in total. The minimum atomic E-state index is -3.58. The van der Waals surface area contributed by atoms with E-state index in [1.54, 1.807) is 30.3 Å². The lowest BCUT2D eigenvalue weighted by molar-refractivity contribution is 0.0750. The van der Waals surface area contributed by atoms with Crippen LogP contribution in [0.1, 0.15) is 21.9 Å². The highest BCUT2D eigenvalue weighted by molar-refractivity contribution is 9.10. The van der Waals surface area contributed by atoms with Crippen molar-refractivity contribution in [2.45, 2.75) is 17.2 Å². The number of hydrogen-bond donors (Lipinski definition) is 0. The van der Waals surface area contributed by atoms with Crippen LogP contribution in [0.4, 0.5) is 4.39 Å². The van der Waals surface area contributed by atoms with Crippen LogP contribution in [-0.2, 0) is 22.1 Å². The van der Waals surface area contributed by atoms with Gasteiger partial charge in [0.25, 0.3) is 5.91 Å². The highest BCUT2D eigenvalue weighted by atomic mass is 79.9. The highest BCUT2D eigenvalue weighted by Gasteiger charge is 2.21. The van der Waals surface area contributed by atoms with Gasteiger partial charge in [-0.1, -0.05) is 34.1 Å². The van der Waals surface area contributed by atoms with Crippen LogP contribution in [0.2, 0.25) is 0 Å². The maximum atomic E-state index is 13.9. The number of carbonyl (C=O) groups is 1. The second kappa shape index (κ2) is 8.28. The summed E-state index contributed by atoms with van der Waals surface area (Å²) >= 11 is 3.27. The average Bonchev–Trinajstić information content (AvgIpc) is 3.12. The molecule has 0 atom stereocenters. The van der Waals surface area contributed by atoms with Crippen LogP contribution in [0.15, 0.2) is 74.4 Å². The lowest BCUT2D eigenvalue weighted by Gasteiger charge is -2.16. The quantitative estimate of drug-likeness (QED) is 0.539. The molecular formula is C20H17BrFNO4S. The monoisotopic (exact) mass is 465 g/mol. The van der Waals surface area contributed by atoms with E-state index in [9.17, 15) is 17.6 Å². The minimum absolute atomic E-state index is 0.00355. The predicted octanol–water partition coefficient (Wildman–Crippen LogP) is 4.43. The Bertz CT molecular complexity index is 1100. The van der Waals surface area contributed by atoms with Crippen molar-refractivity contribution in [1.82, 2.24) is 4.90 Å². The number of furan rings is 1. The van der Waals surface area contributed by atoms with Crippen molar-refractivity contribution in [2.75, 3.05) is 7.05 Å². The molecule has 146 valence electrons. The lowest BCUT2D eigenvalue weighted by Crippen LogP contribution is -2.26. The Balaban J connectivity index is 1.72. The van der Waals surface area contributed by atoms with Crippen molar-refractivity contribution < 1.29 is 22.0 Å². The zero-order valence-electron chi connectivity index (χ0n) is 14.9. The number of nitrogens with zero attached hydrogens (tertiary/aromatic N) is 1. The molecule has 0 unspecified atom stereocenters. The summed E-state index contributed by atoms with van der Waals surface area (Å²) < 4.78 is 44.9. The molecule has 0 aliphatic carbocycles. The van der Waals surface area contributed by atoms with Gasteiger partial charge in [-0.2, -0.15) is 0 Å². The molecular weight excluding hydrogens is 449 g/mol. The van der Waals surface area contributed by atoms with Crippen LogP contribution in [-0.4, -0.2) is 26.3 Å². The fourth-order valence-electron chi connectivity index (χ4n) is 2.65. The Hall–Kier alpha value is -2.45. The van der Waals surface area contributed by atoms with E-state index in [1.165, 1.54) is 42.3 Å². The van der Waals surface area contributed by atoms with E-state index in [0.717, 1.165) is 0 Å². The number of hydrogen-bond acceptors (Lipinski definition) is 4. The molecule has 3 aromatic rings. The normalized spacial score (nSPS) is 11.4. The standard InChI is InChI=1S/C20H17BrFNO4S/c1-23(12-14-11-15(21)7-9-18(14)22)20(24)19-10-8-16(27-19)13-28(25,26)17-5-3-2-4-6-17/h2-11H,12-13H2,1H3. The first-order chi connectivity index (χ1) is 13.3. The van der Waals surface area contributed by atoms with Crippen LogP contribution in [0.3, 0.4) is 0 Å². The zero-order chi connectivity index (χ0) is 20.3. The van der Waals surface area contributed by atoms with Gasteiger partial charge in [0.2, 0.25) is 0 Å². The average molecular weight is 466 g/mol. The van der Waals surface area contributed by atoms with Crippen molar-refractivity contribution in [3.05, 3.63) is 88.0 Å². The molecule has 0 bridgehead atoms. The van der Waals surface area contributed by atoms with E-state index in [1.807, 2.05) is 0 Å². The molecule has 1 amide bonds. The van der Waals surface area contributed by atoms with Gasteiger partial charge in [0.1, 0.15) is 17.3 Å². The first kappa shape index (κ1) is 20.3. The van der Waals surface area contributed by atoms with Crippen LogP contribution in [0.25, 0.3) is 0 Å². The van der Waals surface area contributed by atoms with Crippen LogP contribution >= 0.6 is 15.9 Å². The predicted molar refractivity (Wildman–Crippen MR) is 106 cm³/mol. The maximum absolute atomic E-state index is 13.9. The molecule has 8 heteroatoms. The third kappa shape index (κ3) is 4.69. The van der Waals surface area contributed by atoms with Crippen LogP contribution < -0.4 is 0 Å². The fraction of sp³-hybridized carbons (Fsp3) is 0.150. The van der Waals surface area contributed by atoms with E-state index in [0.29, 0.717) is 10.0 Å². The molecule has 3 rings (SSSR count). The SMILES string of the molecule is CN(Cc1cc(Br)ccc1F)C(=O)c1ccc(CS(=O)(=O)c2ccccc2)o1. The summed E-state index contributed by atoms with van der Waals surface area (Å²) in [6.45, 7) is 0.0441. The van der Waals surface area contributed by atoms with Gasteiger partial charge >= 0.3 is 0 Å². The molecule has 0 N–H and O–H groups in total. The lowest BCUT2D eigenvalue weighted by atomic mass is 10.2. The van der Waals surface area contributed by atoms with Crippen LogP contribution in [0.5, 0.6) is 0 Å². The maximum Gasteiger partial charge on any atom is 0.289 e. The minimum Gasteiger partial charge on any atom is -0.455 e. The smallest absolute Gasteiger partial charge is 0.289 e. The third-order valence-electron chi connectivity index (χ3n) is 4.07. The van der Waals surface area contributed by atoms with E-state index in [4.69, 9.17) is 4.42 Å². The summed E-state index contributed by atoms with van der Waals surface area (Å²) in [5.41, 5.74) is 0.351. The summed E-state index contributed by atoms with van der Waals surface area (Å²) in [5, 5.41) is 0. The molecule has 0 radical (unpaired) electrons. The van der Waals surface area contributed by atoms with Crippen molar-refractivity contribution in [2.24, 2.45) is 0 Å². The number of carbonyl (C=O) groups excluding carboxylic acids is 1. The molecule has 1 heterocycles. The topological polar surface area (TPSA) is 67.6 Å². The van der Waals surface area contributed by atoms with Crippen molar-refractivity contribution >= 4 is 31.7 Å². The van der Waals surface area contributed by atoms with Gasteiger partial charge in [-0.25, -0.2) is 12.8 Å². The molecule has 0 aliphatic rings. The van der Waals surface area contributed by atoms with Gasteiger partial charge in [-0.15, -0.1) is 0 Å². The molecule has 0 fully saturated rings. The Morgan fingerprint density at radius 1 is 1.11 bits per heavy atom. The largest absolute Gasteiger partial charge is 0.455 e. The second-order valence-electron chi connectivity index (χ2n) is 6.24. The summed E-state index contributed by atoms with van der Waals surface area (Å²) in [7, 11) is -2.06. The molecule has 2 aromatic carbocycles. The zero-order valence-corrected chi connectivity index (χ0v) is 17.3. The van der Waals surface area contributed by atoms with Gasteiger partial charge in [0, 0.05) is 23.6 Å². The van der Waals surface area contributed by atoms with E-state index in [2.05, 4.69) is 15.9 Å². The van der Waals surface area contributed by atoms with E-state index < -0.39 is 21.6 Å². The van der Waals surface area contributed by atoms with Crippen molar-refractivity contribution in [3.63, 3.8) is 0 Å². The molecule has 0 aliphatic heterocycles. The van der Waals surface area contributed by atoms with Gasteiger partial charge in [0.15, 0.2) is 15.6 Å². The van der Waals surface area contributed by atoms with E-state index in [-0.39, 0.29) is 28.7 Å². The number of amides is 1. The van der Waals surface area contributed by atoms with Crippen molar-refractivity contribution in [1.29, 1.82) is 0 Å². The Morgan fingerprint density at radius 3 is 2.54 bits per heavy atom. The summed E-state index contributed by atoms with van der Waals surface area (Å²) in [6, 6.07) is 15.4. The van der Waals surface area contributed by atoms with Crippen molar-refractivity contribution in [3.8, 4) is 0 Å². The first-order valence-electron chi connectivity index (χ1n) is 8.32.